The standard InChI is InChI=1S/C27H33NO5/c1-17-16-20(33-6)12-13-21(17)24(29)22-23(18-8-10-19(11-9-18)27(2,3)4)28(14-7-15-32-5)26(31)25(22)30/h8-13,16,23,29H,7,14-15H2,1-6H3. The number of likely N-dealkylation sites (tertiary alicyclic amines) is 1. The third-order valence-corrected chi connectivity index (χ3v) is 6.07. The summed E-state index contributed by atoms with van der Waals surface area (Å²) in [6.07, 6.45) is 0.585. The number of aryl methyl sites for hydroxylation is 1. The number of Topliss-reactive ketones (excluding diaryl/α,β-unsaturated/α-hetero) is 1. The van der Waals surface area contributed by atoms with Crippen LogP contribution in [0.4, 0.5) is 0 Å². The summed E-state index contributed by atoms with van der Waals surface area (Å²) in [5.41, 5.74) is 3.26. The van der Waals surface area contributed by atoms with Crippen molar-refractivity contribution in [3.05, 3.63) is 70.3 Å². The Hall–Kier alpha value is -3.12. The first-order chi connectivity index (χ1) is 15.6. The van der Waals surface area contributed by atoms with E-state index in [4.69, 9.17) is 9.47 Å². The topological polar surface area (TPSA) is 76.1 Å². The summed E-state index contributed by atoms with van der Waals surface area (Å²) < 4.78 is 10.4. The summed E-state index contributed by atoms with van der Waals surface area (Å²) in [4.78, 5) is 27.7. The first-order valence-electron chi connectivity index (χ1n) is 11.1. The number of hydrogen-bond acceptors (Lipinski definition) is 5. The lowest BCUT2D eigenvalue weighted by Crippen LogP contribution is -2.31. The average Bonchev–Trinajstić information content (AvgIpc) is 3.03. The lowest BCUT2D eigenvalue weighted by Gasteiger charge is -2.26. The van der Waals surface area contributed by atoms with Crippen molar-refractivity contribution < 1.29 is 24.2 Å². The zero-order valence-electron chi connectivity index (χ0n) is 20.3. The molecule has 1 fully saturated rings. The van der Waals surface area contributed by atoms with Crippen LogP contribution in [-0.2, 0) is 19.7 Å². The quantitative estimate of drug-likeness (QED) is 0.284. The van der Waals surface area contributed by atoms with Gasteiger partial charge < -0.3 is 19.5 Å². The molecule has 1 aliphatic heterocycles. The Morgan fingerprint density at radius 2 is 1.73 bits per heavy atom. The average molecular weight is 452 g/mol. The Morgan fingerprint density at radius 3 is 2.27 bits per heavy atom. The molecule has 2 aromatic rings. The van der Waals surface area contributed by atoms with Gasteiger partial charge in [-0.1, -0.05) is 45.0 Å². The van der Waals surface area contributed by atoms with Crippen LogP contribution >= 0.6 is 0 Å². The molecule has 1 aliphatic rings. The highest BCUT2D eigenvalue weighted by molar-refractivity contribution is 6.46. The number of ketones is 1. The zero-order valence-corrected chi connectivity index (χ0v) is 20.3. The van der Waals surface area contributed by atoms with Crippen LogP contribution in [0.1, 0.15) is 55.5 Å². The fourth-order valence-electron chi connectivity index (χ4n) is 4.18. The van der Waals surface area contributed by atoms with Crippen molar-refractivity contribution in [2.45, 2.75) is 45.6 Å². The molecule has 0 saturated carbocycles. The molecule has 0 spiro atoms. The molecule has 1 amide bonds. The molecule has 33 heavy (non-hydrogen) atoms. The van der Waals surface area contributed by atoms with Crippen molar-refractivity contribution in [1.82, 2.24) is 4.90 Å². The molecule has 176 valence electrons. The molecular weight excluding hydrogens is 418 g/mol. The van der Waals surface area contributed by atoms with Gasteiger partial charge in [0.2, 0.25) is 0 Å². The number of aliphatic hydroxyl groups excluding tert-OH is 1. The highest BCUT2D eigenvalue weighted by Gasteiger charge is 2.46. The van der Waals surface area contributed by atoms with Gasteiger partial charge in [-0.15, -0.1) is 0 Å². The molecule has 0 aliphatic carbocycles. The van der Waals surface area contributed by atoms with Gasteiger partial charge >= 0.3 is 0 Å². The lowest BCUT2D eigenvalue weighted by atomic mass is 9.85. The molecule has 0 radical (unpaired) electrons. The minimum atomic E-state index is -0.676. The number of methoxy groups -OCH3 is 2. The summed E-state index contributed by atoms with van der Waals surface area (Å²) in [5.74, 6) is -0.806. The predicted molar refractivity (Wildman–Crippen MR) is 128 cm³/mol. The highest BCUT2D eigenvalue weighted by Crippen LogP contribution is 2.40. The second kappa shape index (κ2) is 9.79. The van der Waals surface area contributed by atoms with Gasteiger partial charge in [-0.3, -0.25) is 9.59 Å². The summed E-state index contributed by atoms with van der Waals surface area (Å²) in [6, 6.07) is 12.5. The van der Waals surface area contributed by atoms with Crippen molar-refractivity contribution in [2.75, 3.05) is 27.4 Å². The predicted octanol–water partition coefficient (Wildman–Crippen LogP) is 4.76. The smallest absolute Gasteiger partial charge is 0.295 e. The van der Waals surface area contributed by atoms with Crippen molar-refractivity contribution in [3.8, 4) is 5.75 Å². The molecular formula is C27H33NO5. The minimum absolute atomic E-state index is 0.0288. The van der Waals surface area contributed by atoms with Crippen molar-refractivity contribution in [3.63, 3.8) is 0 Å². The van der Waals surface area contributed by atoms with E-state index in [1.54, 1.807) is 32.4 Å². The molecule has 3 rings (SSSR count). The van der Waals surface area contributed by atoms with Gasteiger partial charge in [0.1, 0.15) is 11.5 Å². The van der Waals surface area contributed by atoms with E-state index in [1.807, 2.05) is 31.2 Å². The summed E-state index contributed by atoms with van der Waals surface area (Å²) in [6.45, 7) is 9.04. The molecule has 0 aromatic heterocycles. The molecule has 1 heterocycles. The van der Waals surface area contributed by atoms with Crippen LogP contribution in [0.2, 0.25) is 0 Å². The molecule has 1 atom stereocenters. The van der Waals surface area contributed by atoms with Crippen molar-refractivity contribution in [1.29, 1.82) is 0 Å². The molecule has 2 aromatic carbocycles. The first-order valence-corrected chi connectivity index (χ1v) is 11.1. The van der Waals surface area contributed by atoms with Crippen LogP contribution in [0.5, 0.6) is 5.75 Å². The van der Waals surface area contributed by atoms with Gasteiger partial charge in [-0.25, -0.2) is 0 Å². The maximum absolute atomic E-state index is 13.1. The van der Waals surface area contributed by atoms with E-state index >= 15 is 0 Å². The molecule has 6 heteroatoms. The summed E-state index contributed by atoms with van der Waals surface area (Å²) in [5, 5.41) is 11.3. The van der Waals surface area contributed by atoms with Crippen LogP contribution in [0.25, 0.3) is 5.76 Å². The van der Waals surface area contributed by atoms with Crippen LogP contribution < -0.4 is 4.74 Å². The SMILES string of the molecule is COCCCN1C(=O)C(=O)C(=C(O)c2ccc(OC)cc2C)C1c1ccc(C(C)(C)C)cc1. The fraction of sp³-hybridized carbons (Fsp3) is 0.407. The van der Waals surface area contributed by atoms with Gasteiger partial charge in [0.25, 0.3) is 11.7 Å². The number of carbonyl (C=O) groups excluding carboxylic acids is 2. The fourth-order valence-corrected chi connectivity index (χ4v) is 4.18. The molecule has 1 N–H and O–H groups in total. The maximum atomic E-state index is 13.1. The Kier molecular flexibility index (Phi) is 7.28. The van der Waals surface area contributed by atoms with Crippen molar-refractivity contribution >= 4 is 17.4 Å². The molecule has 1 saturated heterocycles. The van der Waals surface area contributed by atoms with E-state index in [0.717, 1.165) is 16.7 Å². The second-order valence-corrected chi connectivity index (χ2v) is 9.39. The Balaban J connectivity index is 2.14. The molecule has 0 bridgehead atoms. The Bertz CT molecular complexity index is 1060. The third kappa shape index (κ3) is 4.96. The van der Waals surface area contributed by atoms with E-state index in [1.165, 1.54) is 4.90 Å². The summed E-state index contributed by atoms with van der Waals surface area (Å²) >= 11 is 0. The van der Waals surface area contributed by atoms with Crippen molar-refractivity contribution in [2.24, 2.45) is 0 Å². The van der Waals surface area contributed by atoms with E-state index in [9.17, 15) is 14.7 Å². The molecule has 6 nitrogen and oxygen atoms in total. The Labute approximate surface area is 195 Å². The maximum Gasteiger partial charge on any atom is 0.295 e. The van der Waals surface area contributed by atoms with Gasteiger partial charge in [0.05, 0.1) is 18.7 Å². The van der Waals surface area contributed by atoms with Gasteiger partial charge in [-0.2, -0.15) is 0 Å². The minimum Gasteiger partial charge on any atom is -0.507 e. The normalized spacial score (nSPS) is 18.1. The van der Waals surface area contributed by atoms with Gasteiger partial charge in [0.15, 0.2) is 0 Å². The van der Waals surface area contributed by atoms with Crippen LogP contribution in [0.3, 0.4) is 0 Å². The monoisotopic (exact) mass is 451 g/mol. The number of nitrogens with zero attached hydrogens (tertiary/aromatic N) is 1. The number of amides is 1. The number of aliphatic hydroxyl groups is 1. The van der Waals surface area contributed by atoms with Gasteiger partial charge in [-0.05, 0) is 53.6 Å². The van der Waals surface area contributed by atoms with E-state index in [0.29, 0.717) is 30.9 Å². The second-order valence-electron chi connectivity index (χ2n) is 9.39. The largest absolute Gasteiger partial charge is 0.507 e. The number of benzene rings is 2. The first kappa shape index (κ1) is 24.5. The number of carbonyl (C=O) groups is 2. The van der Waals surface area contributed by atoms with Crippen LogP contribution in [0, 0.1) is 6.92 Å². The lowest BCUT2D eigenvalue weighted by molar-refractivity contribution is -0.140. The van der Waals surface area contributed by atoms with E-state index in [-0.39, 0.29) is 16.7 Å². The van der Waals surface area contributed by atoms with E-state index in [2.05, 4.69) is 20.8 Å². The third-order valence-electron chi connectivity index (χ3n) is 6.07. The summed E-state index contributed by atoms with van der Waals surface area (Å²) in [7, 11) is 3.17. The molecule has 1 unspecified atom stereocenters. The number of rotatable bonds is 7. The number of hydrogen-bond donors (Lipinski definition) is 1. The van der Waals surface area contributed by atoms with E-state index < -0.39 is 17.7 Å². The van der Waals surface area contributed by atoms with Crippen LogP contribution in [-0.4, -0.2) is 49.1 Å². The zero-order chi connectivity index (χ0) is 24.3. The van der Waals surface area contributed by atoms with Gasteiger partial charge in [0, 0.05) is 25.8 Å². The van der Waals surface area contributed by atoms with Crippen LogP contribution in [0.15, 0.2) is 48.0 Å². The number of ether oxygens (including phenoxy) is 2. The Morgan fingerprint density at radius 1 is 1.06 bits per heavy atom. The highest BCUT2D eigenvalue weighted by atomic mass is 16.5.